The van der Waals surface area contributed by atoms with Crippen molar-refractivity contribution in [1.82, 2.24) is 24.8 Å². The molecule has 10 nitrogen and oxygen atoms in total. The second kappa shape index (κ2) is 12.4. The number of aromatic nitrogens is 4. The van der Waals surface area contributed by atoms with E-state index >= 15 is 8.78 Å². The van der Waals surface area contributed by atoms with Crippen molar-refractivity contribution in [3.8, 4) is 29.1 Å². The average molecular weight is 663 g/mol. The molecule has 2 aromatic carbocycles. The second-order valence-corrected chi connectivity index (χ2v) is 13.2. The van der Waals surface area contributed by atoms with Crippen molar-refractivity contribution >= 4 is 33.3 Å². The lowest BCUT2D eigenvalue weighted by Crippen LogP contribution is -2.47. The summed E-state index contributed by atoms with van der Waals surface area (Å²) in [6.45, 7) is 6.55. The topological polar surface area (TPSA) is 115 Å². The summed E-state index contributed by atoms with van der Waals surface area (Å²) in [4.78, 5) is 25.2. The molecule has 3 aliphatic heterocycles. The number of hydrogen-bond donors (Lipinski definition) is 1. The van der Waals surface area contributed by atoms with Gasteiger partial charge in [-0.15, -0.1) is 0 Å². The fraction of sp³-hybridized carbons (Fsp3) is 0.378. The normalized spacial score (nSPS) is 17.5. The van der Waals surface area contributed by atoms with Crippen LogP contribution >= 0.6 is 0 Å². The lowest BCUT2D eigenvalue weighted by Gasteiger charge is -2.36. The van der Waals surface area contributed by atoms with Crippen LogP contribution in [0.4, 0.5) is 20.4 Å². The number of benzene rings is 2. The molecule has 250 valence electrons. The molecule has 3 aliphatic rings. The van der Waals surface area contributed by atoms with Crippen LogP contribution in [-0.4, -0.2) is 81.4 Å². The number of ether oxygens (including phenoxy) is 1. The van der Waals surface area contributed by atoms with Gasteiger partial charge in [0.05, 0.1) is 16.5 Å². The molecule has 8 rings (SSSR count). The van der Waals surface area contributed by atoms with Gasteiger partial charge in [-0.3, -0.25) is 9.88 Å². The molecular weight excluding hydrogens is 626 g/mol. The van der Waals surface area contributed by atoms with Crippen LogP contribution in [0.3, 0.4) is 0 Å². The molecule has 0 saturated carbocycles. The Morgan fingerprint density at radius 1 is 0.959 bits per heavy atom. The number of fused-ring (bicyclic) bond motifs is 3. The van der Waals surface area contributed by atoms with Crippen molar-refractivity contribution in [2.75, 3.05) is 55.7 Å². The Morgan fingerprint density at radius 2 is 1.71 bits per heavy atom. The molecule has 0 atom stereocenters. The highest BCUT2D eigenvalue weighted by molar-refractivity contribution is 6.01. The molecule has 0 amide bonds. The van der Waals surface area contributed by atoms with E-state index in [4.69, 9.17) is 9.72 Å². The Hall–Kier alpha value is -5.15. The molecule has 5 aromatic rings. The Bertz CT molecular complexity index is 2120. The lowest BCUT2D eigenvalue weighted by molar-refractivity contribution is 0.108. The van der Waals surface area contributed by atoms with Gasteiger partial charge in [-0.25, -0.2) is 13.8 Å². The minimum atomic E-state index is -0.698. The molecule has 0 radical (unpaired) electrons. The van der Waals surface area contributed by atoms with E-state index in [0.717, 1.165) is 38.8 Å². The van der Waals surface area contributed by atoms with E-state index in [1.807, 2.05) is 6.92 Å². The zero-order chi connectivity index (χ0) is 33.7. The summed E-state index contributed by atoms with van der Waals surface area (Å²) in [5, 5.41) is 21.8. The minimum absolute atomic E-state index is 0.0374. The van der Waals surface area contributed by atoms with Crippen LogP contribution in [0.25, 0.3) is 32.9 Å². The number of nitriles is 1. The molecule has 12 heteroatoms. The monoisotopic (exact) mass is 662 g/mol. The van der Waals surface area contributed by atoms with Gasteiger partial charge >= 0.3 is 6.01 Å². The maximum absolute atomic E-state index is 16.9. The molecule has 0 bridgehead atoms. The largest absolute Gasteiger partial charge is 0.508 e. The second-order valence-electron chi connectivity index (χ2n) is 13.2. The van der Waals surface area contributed by atoms with E-state index in [-0.39, 0.29) is 34.1 Å². The van der Waals surface area contributed by atoms with Crippen molar-refractivity contribution < 1.29 is 18.6 Å². The summed E-state index contributed by atoms with van der Waals surface area (Å²) in [6.07, 6.45) is 7.92. The van der Waals surface area contributed by atoms with Gasteiger partial charge < -0.3 is 19.6 Å². The maximum Gasteiger partial charge on any atom is 0.319 e. The van der Waals surface area contributed by atoms with Crippen LogP contribution in [0.2, 0.25) is 0 Å². The average Bonchev–Trinajstić information content (AvgIpc) is 3.71. The van der Waals surface area contributed by atoms with E-state index < -0.39 is 11.6 Å². The van der Waals surface area contributed by atoms with Gasteiger partial charge in [0.2, 0.25) is 0 Å². The number of phenolic OH excluding ortho intramolecular Hbond substituents is 1. The van der Waals surface area contributed by atoms with Crippen molar-refractivity contribution in [2.24, 2.45) is 0 Å². The first-order valence-corrected chi connectivity index (χ1v) is 16.9. The van der Waals surface area contributed by atoms with Crippen molar-refractivity contribution in [2.45, 2.75) is 44.6 Å². The number of aryl methyl sites for hydroxylation is 1. The molecule has 0 aliphatic carbocycles. The van der Waals surface area contributed by atoms with Gasteiger partial charge in [0.1, 0.15) is 47.1 Å². The first-order valence-electron chi connectivity index (χ1n) is 16.9. The fourth-order valence-corrected chi connectivity index (χ4v) is 8.07. The van der Waals surface area contributed by atoms with E-state index in [2.05, 4.69) is 35.7 Å². The Morgan fingerprint density at radius 3 is 2.45 bits per heavy atom. The van der Waals surface area contributed by atoms with E-state index in [0.29, 0.717) is 78.1 Å². The highest BCUT2D eigenvalue weighted by atomic mass is 19.1. The number of pyridine rings is 2. The van der Waals surface area contributed by atoms with Crippen molar-refractivity contribution in [1.29, 1.82) is 5.26 Å². The van der Waals surface area contributed by atoms with Crippen LogP contribution in [0.5, 0.6) is 11.8 Å². The first-order chi connectivity index (χ1) is 23.9. The summed E-state index contributed by atoms with van der Waals surface area (Å²) < 4.78 is 38.3. The smallest absolute Gasteiger partial charge is 0.319 e. The highest BCUT2D eigenvalue weighted by Crippen LogP contribution is 2.41. The number of nitrogens with zero attached hydrogens (tertiary/aromatic N) is 8. The van der Waals surface area contributed by atoms with Gasteiger partial charge in [0.25, 0.3) is 0 Å². The van der Waals surface area contributed by atoms with Crippen molar-refractivity contribution in [3.05, 3.63) is 71.6 Å². The molecule has 1 N–H and O–H groups in total. The van der Waals surface area contributed by atoms with Gasteiger partial charge in [-0.05, 0) is 91.9 Å². The quantitative estimate of drug-likeness (QED) is 0.223. The number of anilines is 2. The number of phenols is 1. The van der Waals surface area contributed by atoms with Crippen molar-refractivity contribution in [3.63, 3.8) is 0 Å². The molecule has 3 saturated heterocycles. The van der Waals surface area contributed by atoms with E-state index in [9.17, 15) is 10.4 Å². The number of aromatic hydroxyl groups is 1. The fourth-order valence-electron chi connectivity index (χ4n) is 8.07. The third-order valence-electron chi connectivity index (χ3n) is 10.5. The van der Waals surface area contributed by atoms with Crippen LogP contribution < -0.4 is 14.5 Å². The summed E-state index contributed by atoms with van der Waals surface area (Å²) >= 11 is 0. The van der Waals surface area contributed by atoms with Crippen LogP contribution in [0, 0.1) is 23.0 Å². The molecule has 0 unspecified atom stereocenters. The molecule has 6 heterocycles. The van der Waals surface area contributed by atoms with Crippen LogP contribution in [0.1, 0.15) is 43.7 Å². The molecular formula is C37H36F2N8O2. The number of halogens is 2. The predicted molar refractivity (Wildman–Crippen MR) is 183 cm³/mol. The molecule has 3 aromatic heterocycles. The summed E-state index contributed by atoms with van der Waals surface area (Å²) in [7, 11) is 0. The molecule has 49 heavy (non-hydrogen) atoms. The zero-order valence-electron chi connectivity index (χ0n) is 27.3. The van der Waals surface area contributed by atoms with Gasteiger partial charge in [0.15, 0.2) is 5.82 Å². The van der Waals surface area contributed by atoms with Gasteiger partial charge in [0, 0.05) is 44.1 Å². The zero-order valence-corrected chi connectivity index (χ0v) is 27.3. The standard InChI is InChI=1S/C37H36F2N8O2/c1-2-26-29(38)8-7-23-18-25(48)19-27(30(23)26)32-31(39)33-28(21-42-32)35(44-36(43-33)49-22-37-9-4-12-47(37)13-5-10-37)46-16-14-45(15-17-46)34-24(20-40)6-3-11-41-34/h3,6-8,11,18-19,21,48H,2,4-5,9-10,12-17,22H2,1H3. The molecule has 0 spiro atoms. The van der Waals surface area contributed by atoms with E-state index in [1.165, 1.54) is 12.1 Å². The SMILES string of the molecule is CCc1c(F)ccc2cc(O)cc(-c3ncc4c(N5CCN(c6ncccc6C#N)CC5)nc(OCC56CCCN5CCC6)nc4c3F)c12. The number of piperazine rings is 1. The van der Waals surface area contributed by atoms with Gasteiger partial charge in [-0.1, -0.05) is 13.0 Å². The van der Waals surface area contributed by atoms with Gasteiger partial charge in [-0.2, -0.15) is 15.2 Å². The number of rotatable bonds is 7. The third kappa shape index (κ3) is 5.33. The maximum atomic E-state index is 16.9. The Kier molecular flexibility index (Phi) is 7.87. The lowest BCUT2D eigenvalue weighted by atomic mass is 9.94. The summed E-state index contributed by atoms with van der Waals surface area (Å²) in [5.41, 5.74) is 1.16. The summed E-state index contributed by atoms with van der Waals surface area (Å²) in [5.74, 6) is -0.0322. The Labute approximate surface area is 282 Å². The number of hydrogen-bond acceptors (Lipinski definition) is 10. The van der Waals surface area contributed by atoms with Crippen LogP contribution in [0.15, 0.2) is 48.8 Å². The minimum Gasteiger partial charge on any atom is -0.508 e. The molecule has 3 fully saturated rings. The summed E-state index contributed by atoms with van der Waals surface area (Å²) in [6, 6.07) is 11.7. The Balaban J connectivity index is 1.22. The highest BCUT2D eigenvalue weighted by Gasteiger charge is 2.45. The van der Waals surface area contributed by atoms with E-state index in [1.54, 1.807) is 36.7 Å². The first kappa shape index (κ1) is 31.1. The predicted octanol–water partition coefficient (Wildman–Crippen LogP) is 5.99. The third-order valence-corrected chi connectivity index (χ3v) is 10.5. The van der Waals surface area contributed by atoms with Crippen LogP contribution in [-0.2, 0) is 6.42 Å².